The molecule has 1 amide bonds. The van der Waals surface area contributed by atoms with Crippen molar-refractivity contribution < 1.29 is 18.0 Å². The summed E-state index contributed by atoms with van der Waals surface area (Å²) in [4.78, 5) is 20.8. The first-order chi connectivity index (χ1) is 13.2. The average molecular weight is 404 g/mol. The van der Waals surface area contributed by atoms with E-state index in [1.54, 1.807) is 0 Å². The van der Waals surface area contributed by atoms with Crippen molar-refractivity contribution in [2.75, 3.05) is 11.1 Å². The molecule has 0 aliphatic heterocycles. The highest BCUT2D eigenvalue weighted by atomic mass is 32.2. The first-order valence-electron chi connectivity index (χ1n) is 8.08. The summed E-state index contributed by atoms with van der Waals surface area (Å²) in [5, 5.41) is 2.56. The van der Waals surface area contributed by atoms with E-state index in [4.69, 9.17) is 5.73 Å². The Bertz CT molecular complexity index is 990. The van der Waals surface area contributed by atoms with Gasteiger partial charge in [-0.05, 0) is 43.0 Å². The Kier molecular flexibility index (Phi) is 5.55. The molecule has 9 heteroatoms. The van der Waals surface area contributed by atoms with Gasteiger partial charge in [-0.3, -0.25) is 4.79 Å². The summed E-state index contributed by atoms with van der Waals surface area (Å²) in [7, 11) is 0. The Morgan fingerprint density at radius 1 is 1.07 bits per heavy atom. The van der Waals surface area contributed by atoms with E-state index in [-0.39, 0.29) is 28.2 Å². The van der Waals surface area contributed by atoms with E-state index in [1.807, 2.05) is 31.2 Å². The van der Waals surface area contributed by atoms with Gasteiger partial charge in [-0.25, -0.2) is 9.97 Å². The normalized spacial score (nSPS) is 11.3. The molecular formula is C19H15F3N4OS. The molecule has 1 heterocycles. The molecule has 3 N–H and O–H groups in total. The number of alkyl halides is 3. The quantitative estimate of drug-likeness (QED) is 0.605. The van der Waals surface area contributed by atoms with Crippen LogP contribution in [0.2, 0.25) is 0 Å². The van der Waals surface area contributed by atoms with Crippen LogP contribution in [0, 0.1) is 6.92 Å². The van der Waals surface area contributed by atoms with Gasteiger partial charge in [0.1, 0.15) is 0 Å². The lowest BCUT2D eigenvalue weighted by Gasteiger charge is -2.10. The Morgan fingerprint density at radius 3 is 2.32 bits per heavy atom. The summed E-state index contributed by atoms with van der Waals surface area (Å²) in [6.45, 7) is 1.95. The van der Waals surface area contributed by atoms with Gasteiger partial charge < -0.3 is 11.1 Å². The van der Waals surface area contributed by atoms with E-state index >= 15 is 0 Å². The number of carbonyl (C=O) groups is 1. The zero-order valence-electron chi connectivity index (χ0n) is 14.6. The van der Waals surface area contributed by atoms with Crippen molar-refractivity contribution in [3.05, 3.63) is 66.0 Å². The van der Waals surface area contributed by atoms with Crippen molar-refractivity contribution in [1.29, 1.82) is 0 Å². The molecule has 0 saturated carbocycles. The van der Waals surface area contributed by atoms with Gasteiger partial charge in [-0.2, -0.15) is 13.2 Å². The zero-order valence-corrected chi connectivity index (χ0v) is 15.4. The Hall–Kier alpha value is -3.07. The van der Waals surface area contributed by atoms with Gasteiger partial charge in [0.15, 0.2) is 11.5 Å². The van der Waals surface area contributed by atoms with Gasteiger partial charge in [0, 0.05) is 16.1 Å². The smallest absolute Gasteiger partial charge is 0.382 e. The number of hydrogen-bond donors (Lipinski definition) is 2. The van der Waals surface area contributed by atoms with Gasteiger partial charge in [-0.15, -0.1) is 0 Å². The first kappa shape index (κ1) is 19.7. The minimum Gasteiger partial charge on any atom is -0.382 e. The second-order valence-electron chi connectivity index (χ2n) is 5.88. The highest BCUT2D eigenvalue weighted by molar-refractivity contribution is 8.00. The average Bonchev–Trinajstić information content (AvgIpc) is 2.63. The summed E-state index contributed by atoms with van der Waals surface area (Å²) in [6.07, 6.45) is 1.47. The third-order valence-corrected chi connectivity index (χ3v) is 4.45. The molecule has 0 atom stereocenters. The predicted molar refractivity (Wildman–Crippen MR) is 103 cm³/mol. The van der Waals surface area contributed by atoms with E-state index in [1.165, 1.54) is 30.5 Å². The lowest BCUT2D eigenvalue weighted by molar-refractivity contribution is -0.0328. The third kappa shape index (κ3) is 5.01. The molecule has 3 rings (SSSR count). The number of hydrogen-bond acceptors (Lipinski definition) is 5. The molecule has 2 aromatic carbocycles. The molecule has 1 aromatic heterocycles. The van der Waals surface area contributed by atoms with E-state index in [2.05, 4.69) is 15.3 Å². The molecule has 0 bridgehead atoms. The first-order valence-corrected chi connectivity index (χ1v) is 8.89. The van der Waals surface area contributed by atoms with E-state index < -0.39 is 11.4 Å². The number of nitrogens with zero attached hydrogens (tertiary/aromatic N) is 2. The van der Waals surface area contributed by atoms with Crippen LogP contribution >= 0.6 is 11.8 Å². The highest BCUT2D eigenvalue weighted by Gasteiger charge is 2.29. The van der Waals surface area contributed by atoms with Crippen LogP contribution in [0.25, 0.3) is 11.3 Å². The number of aryl methyl sites for hydroxylation is 1. The molecular weight excluding hydrogens is 389 g/mol. The van der Waals surface area contributed by atoms with E-state index in [0.29, 0.717) is 11.4 Å². The standard InChI is InChI=1S/C19H15F3N4OS/c1-11-2-4-12(5-3-11)15-10-24-17(23)16(26-15)18(27)25-13-6-8-14(9-7-13)28-19(20,21)22/h2-10H,1H3,(H2,23,24)(H,25,27). The monoisotopic (exact) mass is 404 g/mol. The number of nitrogen functional groups attached to an aromatic ring is 1. The Morgan fingerprint density at radius 2 is 1.71 bits per heavy atom. The zero-order chi connectivity index (χ0) is 20.3. The van der Waals surface area contributed by atoms with Crippen LogP contribution in [0.5, 0.6) is 0 Å². The van der Waals surface area contributed by atoms with Crippen molar-refractivity contribution in [2.45, 2.75) is 17.3 Å². The molecule has 0 radical (unpaired) electrons. The fraction of sp³-hybridized carbons (Fsp3) is 0.105. The molecule has 0 unspecified atom stereocenters. The number of rotatable bonds is 4. The summed E-state index contributed by atoms with van der Waals surface area (Å²) < 4.78 is 37.1. The topological polar surface area (TPSA) is 80.9 Å². The lowest BCUT2D eigenvalue weighted by Crippen LogP contribution is -2.17. The predicted octanol–water partition coefficient (Wildman–Crippen LogP) is 4.90. The van der Waals surface area contributed by atoms with Gasteiger partial charge >= 0.3 is 5.51 Å². The number of thioether (sulfide) groups is 1. The largest absolute Gasteiger partial charge is 0.446 e. The molecule has 0 spiro atoms. The number of halogens is 3. The molecule has 0 aliphatic carbocycles. The van der Waals surface area contributed by atoms with Gasteiger partial charge in [-0.1, -0.05) is 29.8 Å². The second kappa shape index (κ2) is 7.89. The number of carbonyl (C=O) groups excluding carboxylic acids is 1. The number of amides is 1. The Balaban J connectivity index is 1.78. The van der Waals surface area contributed by atoms with E-state index in [0.717, 1.165) is 11.1 Å². The number of aromatic nitrogens is 2. The minimum atomic E-state index is -4.37. The maximum atomic E-state index is 12.5. The fourth-order valence-electron chi connectivity index (χ4n) is 2.36. The number of nitrogens with one attached hydrogen (secondary N) is 1. The highest BCUT2D eigenvalue weighted by Crippen LogP contribution is 2.37. The van der Waals surface area contributed by atoms with Crippen molar-refractivity contribution in [3.8, 4) is 11.3 Å². The van der Waals surface area contributed by atoms with Gasteiger partial charge in [0.2, 0.25) is 0 Å². The number of nitrogens with two attached hydrogens (primary N) is 1. The minimum absolute atomic E-state index is 0.0196. The molecule has 0 aliphatic rings. The molecule has 3 aromatic rings. The molecule has 0 fully saturated rings. The maximum absolute atomic E-state index is 12.5. The molecule has 0 saturated heterocycles. The van der Waals surface area contributed by atoms with Crippen molar-refractivity contribution in [3.63, 3.8) is 0 Å². The number of anilines is 2. The van der Waals surface area contributed by atoms with Crippen molar-refractivity contribution >= 4 is 29.2 Å². The third-order valence-electron chi connectivity index (χ3n) is 3.71. The molecule has 5 nitrogen and oxygen atoms in total. The lowest BCUT2D eigenvalue weighted by atomic mass is 10.1. The van der Waals surface area contributed by atoms with Crippen LogP contribution in [0.3, 0.4) is 0 Å². The van der Waals surface area contributed by atoms with Crippen molar-refractivity contribution in [2.24, 2.45) is 0 Å². The van der Waals surface area contributed by atoms with Crippen LogP contribution < -0.4 is 11.1 Å². The molecule has 144 valence electrons. The summed E-state index contributed by atoms with van der Waals surface area (Å²) in [5.74, 6) is -0.646. The van der Waals surface area contributed by atoms with Crippen molar-refractivity contribution in [1.82, 2.24) is 9.97 Å². The van der Waals surface area contributed by atoms with E-state index in [9.17, 15) is 18.0 Å². The summed E-state index contributed by atoms with van der Waals surface area (Å²) >= 11 is -0.227. The SMILES string of the molecule is Cc1ccc(-c2cnc(N)c(C(=O)Nc3ccc(SC(F)(F)F)cc3)n2)cc1. The van der Waals surface area contributed by atoms with Crippen LogP contribution in [0.15, 0.2) is 59.6 Å². The van der Waals surface area contributed by atoms with Crippen LogP contribution in [0.4, 0.5) is 24.7 Å². The van der Waals surface area contributed by atoms with Gasteiger partial charge in [0.25, 0.3) is 5.91 Å². The number of benzene rings is 2. The summed E-state index contributed by atoms with van der Waals surface area (Å²) in [5.41, 5.74) is 4.00. The summed E-state index contributed by atoms with van der Waals surface area (Å²) in [6, 6.07) is 12.8. The van der Waals surface area contributed by atoms with Crippen LogP contribution in [-0.2, 0) is 0 Å². The van der Waals surface area contributed by atoms with Crippen LogP contribution in [-0.4, -0.2) is 21.4 Å². The van der Waals surface area contributed by atoms with Gasteiger partial charge in [0.05, 0.1) is 11.9 Å². The van der Waals surface area contributed by atoms with Crippen LogP contribution in [0.1, 0.15) is 16.1 Å². The maximum Gasteiger partial charge on any atom is 0.446 e. The fourth-order valence-corrected chi connectivity index (χ4v) is 2.90. The Labute approximate surface area is 163 Å². The second-order valence-corrected chi connectivity index (χ2v) is 7.02. The molecule has 28 heavy (non-hydrogen) atoms.